The van der Waals surface area contributed by atoms with Gasteiger partial charge in [-0.2, -0.15) is 0 Å². The van der Waals surface area contributed by atoms with Crippen molar-refractivity contribution in [1.82, 2.24) is 4.98 Å². The lowest BCUT2D eigenvalue weighted by molar-refractivity contribution is -0.115. The molecule has 0 fully saturated rings. The fourth-order valence-corrected chi connectivity index (χ4v) is 3.09. The largest absolute Gasteiger partial charge is 0.302 e. The Kier molecular flexibility index (Phi) is 3.67. The maximum absolute atomic E-state index is 12.0. The number of nitrogens with zero attached hydrogens (tertiary/aromatic N) is 1. The van der Waals surface area contributed by atoms with E-state index in [2.05, 4.69) is 10.3 Å². The summed E-state index contributed by atoms with van der Waals surface area (Å²) in [6.07, 6.45) is 0.338. The number of thiazole rings is 1. The SMILES string of the molecule is O=C(Cc1ccccc1)Nc1nc2c(Cl)cccc2s1. The molecule has 3 nitrogen and oxygen atoms in total. The third kappa shape index (κ3) is 2.81. The molecular formula is C15H11ClN2OS. The number of anilines is 1. The van der Waals surface area contributed by atoms with E-state index in [0.717, 1.165) is 15.8 Å². The number of carbonyl (C=O) groups is 1. The second-order valence-electron chi connectivity index (χ2n) is 4.32. The number of benzene rings is 2. The number of carbonyl (C=O) groups excluding carboxylic acids is 1. The maximum Gasteiger partial charge on any atom is 0.230 e. The van der Waals surface area contributed by atoms with Crippen LogP contribution in [0.5, 0.6) is 0 Å². The molecule has 0 aliphatic heterocycles. The predicted octanol–water partition coefficient (Wildman–Crippen LogP) is 4.13. The Balaban J connectivity index is 1.76. The van der Waals surface area contributed by atoms with Crippen LogP contribution in [0.15, 0.2) is 48.5 Å². The van der Waals surface area contributed by atoms with E-state index in [1.54, 1.807) is 6.07 Å². The number of hydrogen-bond donors (Lipinski definition) is 1. The highest BCUT2D eigenvalue weighted by molar-refractivity contribution is 7.22. The van der Waals surface area contributed by atoms with Gasteiger partial charge in [-0.25, -0.2) is 4.98 Å². The smallest absolute Gasteiger partial charge is 0.230 e. The van der Waals surface area contributed by atoms with Crippen LogP contribution in [0.4, 0.5) is 5.13 Å². The first-order chi connectivity index (χ1) is 9.72. The van der Waals surface area contributed by atoms with Gasteiger partial charge in [-0.1, -0.05) is 59.3 Å². The monoisotopic (exact) mass is 302 g/mol. The summed E-state index contributed by atoms with van der Waals surface area (Å²) < 4.78 is 0.965. The topological polar surface area (TPSA) is 42.0 Å². The molecule has 100 valence electrons. The van der Waals surface area contributed by atoms with Gasteiger partial charge in [0.2, 0.25) is 5.91 Å². The van der Waals surface area contributed by atoms with Gasteiger partial charge in [-0.3, -0.25) is 4.79 Å². The quantitative estimate of drug-likeness (QED) is 0.790. The number of amides is 1. The van der Waals surface area contributed by atoms with E-state index in [0.29, 0.717) is 16.6 Å². The van der Waals surface area contributed by atoms with Crippen LogP contribution in [0.2, 0.25) is 5.02 Å². The Hall–Kier alpha value is -1.91. The molecular weight excluding hydrogens is 292 g/mol. The van der Waals surface area contributed by atoms with Crippen LogP contribution < -0.4 is 5.32 Å². The van der Waals surface area contributed by atoms with Crippen molar-refractivity contribution >= 4 is 44.2 Å². The minimum Gasteiger partial charge on any atom is -0.302 e. The number of rotatable bonds is 3. The molecule has 0 saturated carbocycles. The summed E-state index contributed by atoms with van der Waals surface area (Å²) in [5.41, 5.74) is 1.71. The highest BCUT2D eigenvalue weighted by Crippen LogP contribution is 2.30. The molecule has 1 heterocycles. The van der Waals surface area contributed by atoms with E-state index in [4.69, 9.17) is 11.6 Å². The van der Waals surface area contributed by atoms with Gasteiger partial charge in [0.15, 0.2) is 5.13 Å². The average Bonchev–Trinajstić information content (AvgIpc) is 2.83. The summed E-state index contributed by atoms with van der Waals surface area (Å²) in [5.74, 6) is -0.0774. The van der Waals surface area contributed by atoms with Crippen LogP contribution in [0.1, 0.15) is 5.56 Å². The first-order valence-corrected chi connectivity index (χ1v) is 7.30. The standard InChI is InChI=1S/C15H11ClN2OS/c16-11-7-4-8-12-14(11)18-15(20-12)17-13(19)9-10-5-2-1-3-6-10/h1-8H,9H2,(H,17,18,19). The molecule has 1 amide bonds. The van der Waals surface area contributed by atoms with Crippen LogP contribution in [0.25, 0.3) is 10.2 Å². The zero-order valence-electron chi connectivity index (χ0n) is 10.5. The summed E-state index contributed by atoms with van der Waals surface area (Å²) in [5, 5.41) is 3.99. The maximum atomic E-state index is 12.0. The molecule has 0 aliphatic rings. The van der Waals surface area contributed by atoms with Crippen LogP contribution in [0, 0.1) is 0 Å². The fourth-order valence-electron chi connectivity index (χ4n) is 1.91. The zero-order valence-corrected chi connectivity index (χ0v) is 12.0. The number of para-hydroxylation sites is 1. The van der Waals surface area contributed by atoms with Gasteiger partial charge in [-0.15, -0.1) is 0 Å². The zero-order chi connectivity index (χ0) is 13.9. The lowest BCUT2D eigenvalue weighted by atomic mass is 10.1. The van der Waals surface area contributed by atoms with Gasteiger partial charge in [0.25, 0.3) is 0 Å². The summed E-state index contributed by atoms with van der Waals surface area (Å²) in [6.45, 7) is 0. The van der Waals surface area contributed by atoms with Gasteiger partial charge < -0.3 is 5.32 Å². The van der Waals surface area contributed by atoms with Crippen molar-refractivity contribution in [3.8, 4) is 0 Å². The molecule has 0 atom stereocenters. The predicted molar refractivity (Wildman–Crippen MR) is 83.4 cm³/mol. The Bertz CT molecular complexity index is 755. The van der Waals surface area contributed by atoms with E-state index in [9.17, 15) is 4.79 Å². The molecule has 3 aromatic rings. The van der Waals surface area contributed by atoms with Crippen molar-refractivity contribution in [3.05, 3.63) is 59.1 Å². The van der Waals surface area contributed by atoms with E-state index < -0.39 is 0 Å². The minimum atomic E-state index is -0.0774. The van der Waals surface area contributed by atoms with Crippen molar-refractivity contribution < 1.29 is 4.79 Å². The molecule has 20 heavy (non-hydrogen) atoms. The van der Waals surface area contributed by atoms with Gasteiger partial charge in [-0.05, 0) is 17.7 Å². The molecule has 0 bridgehead atoms. The molecule has 0 spiro atoms. The van der Waals surface area contributed by atoms with E-state index in [1.807, 2.05) is 42.5 Å². The molecule has 5 heteroatoms. The first kappa shape index (κ1) is 13.1. The third-order valence-electron chi connectivity index (χ3n) is 2.82. The summed E-state index contributed by atoms with van der Waals surface area (Å²) in [4.78, 5) is 16.3. The van der Waals surface area contributed by atoms with Gasteiger partial charge in [0.1, 0.15) is 5.52 Å². The fraction of sp³-hybridized carbons (Fsp3) is 0.0667. The Morgan fingerprint density at radius 2 is 1.95 bits per heavy atom. The average molecular weight is 303 g/mol. The molecule has 2 aromatic carbocycles. The van der Waals surface area contributed by atoms with Crippen molar-refractivity contribution in [2.75, 3.05) is 5.32 Å². The Morgan fingerprint density at radius 3 is 2.70 bits per heavy atom. The van der Waals surface area contributed by atoms with Gasteiger partial charge in [0, 0.05) is 0 Å². The van der Waals surface area contributed by atoms with Crippen LogP contribution in [0.3, 0.4) is 0 Å². The lowest BCUT2D eigenvalue weighted by Gasteiger charge is -2.01. The van der Waals surface area contributed by atoms with Crippen molar-refractivity contribution in [2.24, 2.45) is 0 Å². The van der Waals surface area contributed by atoms with Crippen LogP contribution in [-0.4, -0.2) is 10.9 Å². The van der Waals surface area contributed by atoms with Crippen molar-refractivity contribution in [1.29, 1.82) is 0 Å². The summed E-state index contributed by atoms with van der Waals surface area (Å²) in [6, 6.07) is 15.2. The second-order valence-corrected chi connectivity index (χ2v) is 5.75. The lowest BCUT2D eigenvalue weighted by Crippen LogP contribution is -2.13. The molecule has 1 aromatic heterocycles. The third-order valence-corrected chi connectivity index (χ3v) is 4.06. The van der Waals surface area contributed by atoms with Crippen molar-refractivity contribution in [3.63, 3.8) is 0 Å². The molecule has 1 N–H and O–H groups in total. The number of aromatic nitrogens is 1. The first-order valence-electron chi connectivity index (χ1n) is 6.11. The highest BCUT2D eigenvalue weighted by Gasteiger charge is 2.10. The normalized spacial score (nSPS) is 10.7. The number of hydrogen-bond acceptors (Lipinski definition) is 3. The second kappa shape index (κ2) is 5.61. The Labute approximate surface area is 125 Å². The van der Waals surface area contributed by atoms with Crippen molar-refractivity contribution in [2.45, 2.75) is 6.42 Å². The molecule has 0 aliphatic carbocycles. The van der Waals surface area contributed by atoms with Crippen LogP contribution >= 0.6 is 22.9 Å². The highest BCUT2D eigenvalue weighted by atomic mass is 35.5. The van der Waals surface area contributed by atoms with Crippen LogP contribution in [-0.2, 0) is 11.2 Å². The van der Waals surface area contributed by atoms with E-state index in [1.165, 1.54) is 11.3 Å². The van der Waals surface area contributed by atoms with Gasteiger partial charge >= 0.3 is 0 Å². The van der Waals surface area contributed by atoms with E-state index in [-0.39, 0.29) is 5.91 Å². The minimum absolute atomic E-state index is 0.0774. The molecule has 0 radical (unpaired) electrons. The summed E-state index contributed by atoms with van der Waals surface area (Å²) in [7, 11) is 0. The Morgan fingerprint density at radius 1 is 1.15 bits per heavy atom. The number of fused-ring (bicyclic) bond motifs is 1. The number of nitrogens with one attached hydrogen (secondary N) is 1. The van der Waals surface area contributed by atoms with E-state index >= 15 is 0 Å². The molecule has 0 saturated heterocycles. The van der Waals surface area contributed by atoms with Gasteiger partial charge in [0.05, 0.1) is 16.1 Å². The molecule has 0 unspecified atom stereocenters. The summed E-state index contributed by atoms with van der Waals surface area (Å²) >= 11 is 7.49. The molecule has 3 rings (SSSR count). The number of halogens is 1.